The van der Waals surface area contributed by atoms with Crippen LogP contribution in [0.15, 0.2) is 23.7 Å². The summed E-state index contributed by atoms with van der Waals surface area (Å²) in [6.07, 6.45) is 1.94. The van der Waals surface area contributed by atoms with Crippen molar-refractivity contribution >= 4 is 28.1 Å². The maximum atomic E-state index is 11.1. The minimum absolute atomic E-state index is 0.195. The zero-order valence-electron chi connectivity index (χ0n) is 10.1. The Kier molecular flexibility index (Phi) is 3.88. The van der Waals surface area contributed by atoms with Gasteiger partial charge in [0.15, 0.2) is 5.13 Å². The number of nitrogens with one attached hydrogen (secondary N) is 1. The van der Waals surface area contributed by atoms with Crippen LogP contribution in [0.3, 0.4) is 0 Å². The fraction of sp³-hybridized carbons (Fsp3) is 0.250. The molecule has 2 aromatic heterocycles. The lowest BCUT2D eigenvalue weighted by Crippen LogP contribution is -2.04. The molecule has 0 aliphatic carbocycles. The van der Waals surface area contributed by atoms with Crippen LogP contribution in [0.5, 0.6) is 0 Å². The van der Waals surface area contributed by atoms with Crippen LogP contribution in [0.25, 0.3) is 0 Å². The van der Waals surface area contributed by atoms with Crippen molar-refractivity contribution in [2.24, 2.45) is 0 Å². The highest BCUT2D eigenvalue weighted by molar-refractivity contribution is 7.13. The highest BCUT2D eigenvalue weighted by Gasteiger charge is 2.08. The predicted molar refractivity (Wildman–Crippen MR) is 70.1 cm³/mol. The first-order chi connectivity index (χ1) is 8.69. The minimum atomic E-state index is -0.288. The number of aromatic nitrogens is 2. The van der Waals surface area contributed by atoms with Crippen molar-refractivity contribution in [2.75, 3.05) is 12.4 Å². The Hall–Kier alpha value is -1.95. The second-order valence-electron chi connectivity index (χ2n) is 3.66. The Bertz CT molecular complexity index is 554. The summed E-state index contributed by atoms with van der Waals surface area (Å²) in [5.74, 6) is -0.288. The molecule has 2 heterocycles. The second-order valence-corrected chi connectivity index (χ2v) is 4.52. The van der Waals surface area contributed by atoms with Crippen molar-refractivity contribution in [3.8, 4) is 0 Å². The number of anilines is 2. The van der Waals surface area contributed by atoms with Gasteiger partial charge in [-0.15, -0.1) is 11.3 Å². The number of aryl methyl sites for hydroxylation is 1. The lowest BCUT2D eigenvalue weighted by molar-refractivity contribution is -0.139. The number of nitrogens with zero attached hydrogens (tertiary/aromatic N) is 2. The summed E-state index contributed by atoms with van der Waals surface area (Å²) >= 11 is 1.45. The van der Waals surface area contributed by atoms with Gasteiger partial charge in [-0.3, -0.25) is 9.78 Å². The molecular formula is C12H13N3O2S. The van der Waals surface area contributed by atoms with E-state index < -0.39 is 0 Å². The number of hydrogen-bond acceptors (Lipinski definition) is 6. The maximum absolute atomic E-state index is 11.1. The van der Waals surface area contributed by atoms with Crippen molar-refractivity contribution in [2.45, 2.75) is 13.3 Å². The van der Waals surface area contributed by atoms with Gasteiger partial charge < -0.3 is 10.1 Å². The average molecular weight is 263 g/mol. The summed E-state index contributed by atoms with van der Waals surface area (Å²) in [5, 5.41) is 5.76. The predicted octanol–water partition coefficient (Wildman–Crippen LogP) is 2.31. The highest BCUT2D eigenvalue weighted by atomic mass is 32.1. The van der Waals surface area contributed by atoms with Gasteiger partial charge in [-0.25, -0.2) is 4.98 Å². The smallest absolute Gasteiger partial charge is 0.311 e. The monoisotopic (exact) mass is 263 g/mol. The fourth-order valence-corrected chi connectivity index (χ4v) is 2.12. The molecule has 2 rings (SSSR count). The van der Waals surface area contributed by atoms with Crippen molar-refractivity contribution in [1.82, 2.24) is 9.97 Å². The molecule has 1 N–H and O–H groups in total. The van der Waals surface area contributed by atoms with Crippen molar-refractivity contribution in [3.63, 3.8) is 0 Å². The molecule has 0 aliphatic heterocycles. The molecule has 0 radical (unpaired) electrons. The fourth-order valence-electron chi connectivity index (χ4n) is 1.40. The molecule has 0 aliphatic rings. The second kappa shape index (κ2) is 5.59. The van der Waals surface area contributed by atoms with E-state index in [0.29, 0.717) is 5.69 Å². The molecule has 18 heavy (non-hydrogen) atoms. The third kappa shape index (κ3) is 3.04. The van der Waals surface area contributed by atoms with E-state index in [4.69, 9.17) is 0 Å². The molecule has 0 atom stereocenters. The molecule has 0 saturated heterocycles. The molecule has 5 nitrogen and oxygen atoms in total. The molecule has 0 aromatic carbocycles. The number of pyridine rings is 1. The van der Waals surface area contributed by atoms with Crippen LogP contribution in [-0.4, -0.2) is 23.0 Å². The topological polar surface area (TPSA) is 64.1 Å². The average Bonchev–Trinajstić information content (AvgIpc) is 2.79. The van der Waals surface area contributed by atoms with Crippen LogP contribution in [-0.2, 0) is 16.0 Å². The van der Waals surface area contributed by atoms with Gasteiger partial charge in [0.05, 0.1) is 30.6 Å². The molecule has 0 bridgehead atoms. The molecular weight excluding hydrogens is 250 g/mol. The van der Waals surface area contributed by atoms with E-state index in [1.807, 2.05) is 24.4 Å². The Labute approximate surface area is 109 Å². The molecule has 0 amide bonds. The highest BCUT2D eigenvalue weighted by Crippen LogP contribution is 2.22. The maximum Gasteiger partial charge on any atom is 0.311 e. The largest absolute Gasteiger partial charge is 0.469 e. The molecule has 0 fully saturated rings. The van der Waals surface area contributed by atoms with Gasteiger partial charge >= 0.3 is 5.97 Å². The summed E-state index contributed by atoms with van der Waals surface area (Å²) in [5.41, 5.74) is 2.52. The Morgan fingerprint density at radius 2 is 2.39 bits per heavy atom. The van der Waals surface area contributed by atoms with E-state index in [1.165, 1.54) is 18.4 Å². The van der Waals surface area contributed by atoms with E-state index in [-0.39, 0.29) is 12.4 Å². The van der Waals surface area contributed by atoms with Crippen LogP contribution in [0.1, 0.15) is 11.4 Å². The molecule has 0 spiro atoms. The van der Waals surface area contributed by atoms with Gasteiger partial charge in [-0.2, -0.15) is 0 Å². The van der Waals surface area contributed by atoms with Gasteiger partial charge in [0, 0.05) is 11.6 Å². The number of hydrogen-bond donors (Lipinski definition) is 1. The van der Waals surface area contributed by atoms with E-state index in [1.54, 1.807) is 6.20 Å². The van der Waals surface area contributed by atoms with Crippen LogP contribution in [0.4, 0.5) is 10.8 Å². The molecule has 6 heteroatoms. The summed E-state index contributed by atoms with van der Waals surface area (Å²) in [7, 11) is 1.37. The lowest BCUT2D eigenvalue weighted by atomic mass is 10.3. The van der Waals surface area contributed by atoms with Crippen LogP contribution in [0.2, 0.25) is 0 Å². The number of rotatable bonds is 4. The quantitative estimate of drug-likeness (QED) is 0.857. The van der Waals surface area contributed by atoms with Gasteiger partial charge in [0.2, 0.25) is 0 Å². The zero-order chi connectivity index (χ0) is 13.0. The summed E-state index contributed by atoms with van der Waals surface area (Å²) < 4.78 is 4.60. The first kappa shape index (κ1) is 12.5. The van der Waals surface area contributed by atoms with Crippen molar-refractivity contribution in [3.05, 3.63) is 35.1 Å². The third-order valence-electron chi connectivity index (χ3n) is 2.35. The summed E-state index contributed by atoms with van der Waals surface area (Å²) in [6.45, 7) is 1.92. The Balaban J connectivity index is 2.07. The van der Waals surface area contributed by atoms with Gasteiger partial charge in [-0.05, 0) is 19.1 Å². The van der Waals surface area contributed by atoms with Gasteiger partial charge in [0.1, 0.15) is 0 Å². The normalized spacial score (nSPS) is 10.1. The van der Waals surface area contributed by atoms with Crippen LogP contribution >= 0.6 is 11.3 Å². The molecule has 0 saturated carbocycles. The van der Waals surface area contributed by atoms with Crippen LogP contribution < -0.4 is 5.32 Å². The van der Waals surface area contributed by atoms with Gasteiger partial charge in [0.25, 0.3) is 0 Å². The van der Waals surface area contributed by atoms with Gasteiger partial charge in [-0.1, -0.05) is 0 Å². The first-order valence-corrected chi connectivity index (χ1v) is 6.27. The van der Waals surface area contributed by atoms with E-state index >= 15 is 0 Å². The lowest BCUT2D eigenvalue weighted by Gasteiger charge is -2.04. The number of thiazole rings is 1. The summed E-state index contributed by atoms with van der Waals surface area (Å²) in [6, 6.07) is 3.79. The standard InChI is InChI=1S/C12H13N3O2S/c1-8-10(4-3-5-13-8)15-12-14-9(7-18-12)6-11(16)17-2/h3-5,7H,6H2,1-2H3,(H,14,15). The zero-order valence-corrected chi connectivity index (χ0v) is 11.0. The Morgan fingerprint density at radius 3 is 3.11 bits per heavy atom. The molecule has 2 aromatic rings. The molecule has 0 unspecified atom stereocenters. The van der Waals surface area contributed by atoms with E-state index in [2.05, 4.69) is 20.0 Å². The third-order valence-corrected chi connectivity index (χ3v) is 3.16. The van der Waals surface area contributed by atoms with E-state index in [9.17, 15) is 4.79 Å². The Morgan fingerprint density at radius 1 is 1.56 bits per heavy atom. The minimum Gasteiger partial charge on any atom is -0.469 e. The van der Waals surface area contributed by atoms with Crippen LogP contribution in [0, 0.1) is 6.92 Å². The molecule has 94 valence electrons. The van der Waals surface area contributed by atoms with E-state index in [0.717, 1.165) is 16.5 Å². The SMILES string of the molecule is COC(=O)Cc1csc(Nc2cccnc2C)n1. The first-order valence-electron chi connectivity index (χ1n) is 5.39. The number of methoxy groups -OCH3 is 1. The number of carbonyl (C=O) groups is 1. The van der Waals surface area contributed by atoms with Crippen molar-refractivity contribution < 1.29 is 9.53 Å². The number of carbonyl (C=O) groups excluding carboxylic acids is 1. The van der Waals surface area contributed by atoms with Crippen molar-refractivity contribution in [1.29, 1.82) is 0 Å². The number of esters is 1. The summed E-state index contributed by atoms with van der Waals surface area (Å²) in [4.78, 5) is 19.6. The number of ether oxygens (including phenoxy) is 1.